The normalized spacial score (nSPS) is 11.3. The van der Waals surface area contributed by atoms with Gasteiger partial charge in [-0.1, -0.05) is 13.8 Å². The van der Waals surface area contributed by atoms with Crippen molar-refractivity contribution in [2.45, 2.75) is 52.9 Å². The second-order valence-corrected chi connectivity index (χ2v) is 5.26. The largest absolute Gasteiger partial charge is 0.342 e. The van der Waals surface area contributed by atoms with Gasteiger partial charge in [0.05, 0.1) is 0 Å². The highest BCUT2D eigenvalue weighted by molar-refractivity contribution is 5.76. The molecule has 1 rings (SSSR count). The molecule has 1 heterocycles. The Balaban J connectivity index is 2.62. The summed E-state index contributed by atoms with van der Waals surface area (Å²) in [5.41, 5.74) is 1.15. The van der Waals surface area contributed by atoms with E-state index in [1.807, 2.05) is 37.7 Å². The van der Waals surface area contributed by atoms with Gasteiger partial charge in [-0.15, -0.1) is 0 Å². The summed E-state index contributed by atoms with van der Waals surface area (Å²) in [6.45, 7) is 9.49. The number of hydrogen-bond acceptors (Lipinski definition) is 2. The fourth-order valence-electron chi connectivity index (χ4n) is 1.62. The molecule has 1 aromatic heterocycles. The van der Waals surface area contributed by atoms with Crippen molar-refractivity contribution in [3.63, 3.8) is 0 Å². The third-order valence-corrected chi connectivity index (χ3v) is 3.09. The smallest absolute Gasteiger partial charge is 0.242 e. The molecule has 0 aliphatic heterocycles. The van der Waals surface area contributed by atoms with Gasteiger partial charge in [-0.3, -0.25) is 4.79 Å². The fraction of sp³-hybridized carbons (Fsp3) is 0.643. The van der Waals surface area contributed by atoms with Crippen molar-refractivity contribution in [1.82, 2.24) is 14.8 Å². The van der Waals surface area contributed by atoms with E-state index in [4.69, 9.17) is 0 Å². The first-order valence-corrected chi connectivity index (χ1v) is 6.55. The van der Waals surface area contributed by atoms with Crippen LogP contribution in [-0.2, 0) is 17.9 Å². The molecule has 0 saturated heterocycles. The van der Waals surface area contributed by atoms with Gasteiger partial charge in [-0.05, 0) is 26.0 Å². The Bertz CT molecular complexity index is 382. The van der Waals surface area contributed by atoms with Crippen molar-refractivity contribution in [1.29, 1.82) is 0 Å². The molecule has 0 spiro atoms. The highest BCUT2D eigenvalue weighted by Crippen LogP contribution is 2.05. The van der Waals surface area contributed by atoms with E-state index < -0.39 is 0 Å². The second-order valence-electron chi connectivity index (χ2n) is 5.26. The van der Waals surface area contributed by atoms with Crippen LogP contribution in [0.3, 0.4) is 0 Å². The number of nitrogens with zero attached hydrogens (tertiary/aromatic N) is 2. The number of hydrogen-bond donors (Lipinski definition) is 1. The van der Waals surface area contributed by atoms with Crippen LogP contribution in [0.15, 0.2) is 18.3 Å². The summed E-state index contributed by atoms with van der Waals surface area (Å²) in [6.07, 6.45) is 1.96. The Morgan fingerprint density at radius 2 is 2.06 bits per heavy atom. The minimum absolute atomic E-state index is 0.145. The van der Waals surface area contributed by atoms with E-state index in [2.05, 4.69) is 25.2 Å². The van der Waals surface area contributed by atoms with Crippen molar-refractivity contribution in [3.05, 3.63) is 24.0 Å². The zero-order valence-corrected chi connectivity index (χ0v) is 12.1. The van der Waals surface area contributed by atoms with Crippen LogP contribution in [0.4, 0.5) is 0 Å². The third kappa shape index (κ3) is 4.18. The summed E-state index contributed by atoms with van der Waals surface area (Å²) in [5, 5.41) is 3.37. The summed E-state index contributed by atoms with van der Waals surface area (Å²) in [6, 6.07) is 4.73. The number of likely N-dealkylation sites (N-methyl/N-ethyl adjacent to an activating group) is 1. The molecule has 102 valence electrons. The van der Waals surface area contributed by atoms with Gasteiger partial charge in [0.2, 0.25) is 5.91 Å². The van der Waals surface area contributed by atoms with Crippen LogP contribution in [0.2, 0.25) is 0 Å². The molecule has 1 amide bonds. The average Bonchev–Trinajstić information content (AvgIpc) is 2.72. The molecule has 0 saturated carbocycles. The van der Waals surface area contributed by atoms with Gasteiger partial charge in [0.1, 0.15) is 6.54 Å². The summed E-state index contributed by atoms with van der Waals surface area (Å²) < 4.78 is 2.01. The third-order valence-electron chi connectivity index (χ3n) is 3.09. The van der Waals surface area contributed by atoms with Crippen LogP contribution in [0.5, 0.6) is 0 Å². The van der Waals surface area contributed by atoms with Crippen LogP contribution >= 0.6 is 0 Å². The summed E-state index contributed by atoms with van der Waals surface area (Å²) in [5.74, 6) is 0.145. The van der Waals surface area contributed by atoms with E-state index in [1.165, 1.54) is 0 Å². The molecule has 0 fully saturated rings. The number of nitrogens with one attached hydrogen (secondary N) is 1. The average molecular weight is 251 g/mol. The highest BCUT2D eigenvalue weighted by Gasteiger charge is 2.13. The van der Waals surface area contributed by atoms with Crippen LogP contribution < -0.4 is 5.32 Å². The number of rotatable bonds is 6. The van der Waals surface area contributed by atoms with E-state index in [1.54, 1.807) is 4.90 Å². The standard InChI is InChI=1S/C14H25N3O/c1-11(2)15-9-13-7-6-8-17(13)10-14(18)16(5)12(3)4/h6-8,11-12,15H,9-10H2,1-5H3. The summed E-state index contributed by atoms with van der Waals surface area (Å²) >= 11 is 0. The van der Waals surface area contributed by atoms with Crippen molar-refractivity contribution in [2.75, 3.05) is 7.05 Å². The first kappa shape index (κ1) is 14.8. The van der Waals surface area contributed by atoms with Crippen molar-refractivity contribution in [3.8, 4) is 0 Å². The van der Waals surface area contributed by atoms with Gasteiger partial charge in [0.25, 0.3) is 0 Å². The second kappa shape index (κ2) is 6.59. The van der Waals surface area contributed by atoms with E-state index in [0.717, 1.165) is 12.2 Å². The maximum absolute atomic E-state index is 12.0. The first-order valence-electron chi connectivity index (χ1n) is 6.55. The molecule has 1 aromatic rings. The van der Waals surface area contributed by atoms with Crippen molar-refractivity contribution >= 4 is 5.91 Å². The molecule has 0 unspecified atom stereocenters. The molecule has 4 nitrogen and oxygen atoms in total. The maximum Gasteiger partial charge on any atom is 0.242 e. The Morgan fingerprint density at radius 3 is 2.61 bits per heavy atom. The lowest BCUT2D eigenvalue weighted by molar-refractivity contribution is -0.132. The summed E-state index contributed by atoms with van der Waals surface area (Å²) in [4.78, 5) is 13.8. The molecular formula is C14H25N3O. The topological polar surface area (TPSA) is 37.3 Å². The number of carbonyl (C=O) groups excluding carboxylic acids is 1. The lowest BCUT2D eigenvalue weighted by atomic mass is 10.3. The molecule has 0 aromatic carbocycles. The molecule has 4 heteroatoms. The molecule has 1 N–H and O–H groups in total. The van der Waals surface area contributed by atoms with Gasteiger partial charge >= 0.3 is 0 Å². The zero-order chi connectivity index (χ0) is 13.7. The monoisotopic (exact) mass is 251 g/mol. The zero-order valence-electron chi connectivity index (χ0n) is 12.1. The van der Waals surface area contributed by atoms with Crippen LogP contribution in [0, 0.1) is 0 Å². The lowest BCUT2D eigenvalue weighted by Gasteiger charge is -2.22. The van der Waals surface area contributed by atoms with Crippen LogP contribution in [0.1, 0.15) is 33.4 Å². The first-order chi connectivity index (χ1) is 8.41. The molecule has 0 aliphatic carbocycles. The Morgan fingerprint density at radius 1 is 1.39 bits per heavy atom. The minimum atomic E-state index is 0.145. The van der Waals surface area contributed by atoms with Crippen molar-refractivity contribution in [2.24, 2.45) is 0 Å². The fourth-order valence-corrected chi connectivity index (χ4v) is 1.62. The van der Waals surface area contributed by atoms with Crippen LogP contribution in [0.25, 0.3) is 0 Å². The predicted octanol–water partition coefficient (Wildman–Crippen LogP) is 1.85. The van der Waals surface area contributed by atoms with Crippen molar-refractivity contribution < 1.29 is 4.79 Å². The van der Waals surface area contributed by atoms with E-state index >= 15 is 0 Å². The Hall–Kier alpha value is -1.29. The Kier molecular flexibility index (Phi) is 5.41. The van der Waals surface area contributed by atoms with Crippen LogP contribution in [-0.4, -0.2) is 34.5 Å². The summed E-state index contributed by atoms with van der Waals surface area (Å²) in [7, 11) is 1.85. The van der Waals surface area contributed by atoms with Gasteiger partial charge < -0.3 is 14.8 Å². The van der Waals surface area contributed by atoms with Gasteiger partial charge in [0.15, 0.2) is 0 Å². The minimum Gasteiger partial charge on any atom is -0.342 e. The molecule has 0 bridgehead atoms. The van der Waals surface area contributed by atoms with E-state index in [-0.39, 0.29) is 11.9 Å². The quantitative estimate of drug-likeness (QED) is 0.838. The maximum atomic E-state index is 12.0. The molecule has 0 radical (unpaired) electrons. The number of carbonyl (C=O) groups is 1. The van der Waals surface area contributed by atoms with Gasteiger partial charge in [0, 0.05) is 37.6 Å². The molecule has 18 heavy (non-hydrogen) atoms. The van der Waals surface area contributed by atoms with E-state index in [0.29, 0.717) is 12.6 Å². The number of amides is 1. The molecular weight excluding hydrogens is 226 g/mol. The molecule has 0 atom stereocenters. The lowest BCUT2D eigenvalue weighted by Crippen LogP contribution is -2.36. The highest BCUT2D eigenvalue weighted by atomic mass is 16.2. The number of aromatic nitrogens is 1. The Labute approximate surface area is 110 Å². The van der Waals surface area contributed by atoms with Gasteiger partial charge in [-0.2, -0.15) is 0 Å². The molecule has 0 aliphatic rings. The predicted molar refractivity (Wildman–Crippen MR) is 74.3 cm³/mol. The van der Waals surface area contributed by atoms with E-state index in [9.17, 15) is 4.79 Å². The van der Waals surface area contributed by atoms with Gasteiger partial charge in [-0.25, -0.2) is 0 Å². The SMILES string of the molecule is CC(C)NCc1cccn1CC(=O)N(C)C(C)C.